The Kier molecular flexibility index (Phi) is 12.8. The molecular formula is C45H60IN6O11S-. The molecule has 5 fully saturated rings. The predicted molar refractivity (Wildman–Crippen MR) is 230 cm³/mol. The Balaban J connectivity index is 1.09. The summed E-state index contributed by atoms with van der Waals surface area (Å²) in [5.41, 5.74) is 0.796. The second-order valence-corrected chi connectivity index (χ2v) is 25.1. The first-order valence-corrected chi connectivity index (χ1v) is 26.3. The zero-order valence-corrected chi connectivity index (χ0v) is 40.1. The number of carbonyl (C=O) groups is 5. The number of halogens is 1. The monoisotopic (exact) mass is 1020 g/mol. The fourth-order valence-corrected chi connectivity index (χ4v) is 12.9. The van der Waals surface area contributed by atoms with E-state index in [1.165, 1.54) is 11.8 Å². The van der Waals surface area contributed by atoms with E-state index in [1.54, 1.807) is 17.9 Å². The van der Waals surface area contributed by atoms with Gasteiger partial charge in [0, 0.05) is 25.9 Å². The van der Waals surface area contributed by atoms with E-state index in [9.17, 15) is 32.4 Å². The van der Waals surface area contributed by atoms with Crippen molar-refractivity contribution >= 4 is 50.8 Å². The fourth-order valence-electron chi connectivity index (χ4n) is 8.76. The third kappa shape index (κ3) is 9.89. The number of aromatic nitrogens is 1. The number of pyridine rings is 1. The zero-order chi connectivity index (χ0) is 45.8. The second-order valence-electron chi connectivity index (χ2n) is 19.2. The van der Waals surface area contributed by atoms with Crippen molar-refractivity contribution < 1.29 is 72.5 Å². The molecule has 1 aromatic carbocycles. The topological polar surface area (TPSA) is 212 Å². The molecule has 5 heterocycles. The van der Waals surface area contributed by atoms with Crippen molar-refractivity contribution in [3.63, 3.8) is 0 Å². The van der Waals surface area contributed by atoms with Gasteiger partial charge in [0.1, 0.15) is 5.60 Å². The molecule has 2 bridgehead atoms. The van der Waals surface area contributed by atoms with Crippen LogP contribution >= 0.6 is 0 Å². The second kappa shape index (κ2) is 17.8. The molecule has 3 N–H and O–H groups in total. The Labute approximate surface area is 384 Å². The van der Waals surface area contributed by atoms with Crippen LogP contribution in [0.15, 0.2) is 36.9 Å². The van der Waals surface area contributed by atoms with Gasteiger partial charge in [-0.05, 0) is 27.2 Å². The number of nitrogens with one attached hydrogen (secondary N) is 3. The molecule has 2 saturated carbocycles. The molecule has 2 aromatic rings. The first-order valence-electron chi connectivity index (χ1n) is 22.5. The van der Waals surface area contributed by atoms with E-state index >= 15 is 0 Å². The number of piperidine rings is 1. The number of carbonyl (C=O) groups excluding carboxylic acids is 5. The number of rotatable bonds is 8. The van der Waals surface area contributed by atoms with E-state index in [1.807, 2.05) is 45.0 Å². The summed E-state index contributed by atoms with van der Waals surface area (Å²) in [6.07, 6.45) is 6.10. The van der Waals surface area contributed by atoms with Crippen LogP contribution in [-0.4, -0.2) is 121 Å². The molecule has 5 amide bonds. The van der Waals surface area contributed by atoms with E-state index < -0.39 is 91.0 Å². The summed E-state index contributed by atoms with van der Waals surface area (Å²) in [6.45, 7) is 13.4. The number of hydrogen-bond acceptors (Lipinski definition) is 12. The van der Waals surface area contributed by atoms with Crippen LogP contribution in [0.1, 0.15) is 104 Å². The molecule has 350 valence electrons. The molecule has 4 aliphatic heterocycles. The molecule has 3 saturated heterocycles. The van der Waals surface area contributed by atoms with Crippen LogP contribution in [0.5, 0.6) is 11.6 Å². The molecule has 7 atom stereocenters. The first-order chi connectivity index (χ1) is 30.3. The van der Waals surface area contributed by atoms with Gasteiger partial charge in [-0.2, -0.15) is 0 Å². The van der Waals surface area contributed by atoms with Gasteiger partial charge >= 0.3 is 301 Å². The van der Waals surface area contributed by atoms with Crippen molar-refractivity contribution in [3.8, 4) is 11.6 Å². The van der Waals surface area contributed by atoms with Crippen molar-refractivity contribution in [1.29, 1.82) is 0 Å². The summed E-state index contributed by atoms with van der Waals surface area (Å²) in [5.74, 6) is -0.815. The number of hydrogen-bond donors (Lipinski definition) is 3. The molecule has 19 heteroatoms. The molecule has 0 spiro atoms. The number of alkyl carbamates (subject to hydrolysis) is 1. The van der Waals surface area contributed by atoms with Crippen molar-refractivity contribution in [2.45, 2.75) is 153 Å². The molecule has 17 nitrogen and oxygen atoms in total. The minimum absolute atomic E-state index is 0.0108. The first kappa shape index (κ1) is 46.1. The number of nitrogens with zero attached hydrogens (tertiary/aromatic N) is 3. The van der Waals surface area contributed by atoms with E-state index in [0.717, 1.165) is 43.1 Å². The SMILES string of the molecule is C=CC1[I-]C1(NC(=O)[C@@H]1C[C@@H]2CN1C(=O)[C@H](C)NC(=O)O[C@@H]1C[C@H]1CCCCCc1c(nc3ccccc3c1OC1CCN(C(=O)OC(C)(C)C)CC1)O2)C(=O)NS(=O)(=O)C1(C)CC1. The van der Waals surface area contributed by atoms with Crippen LogP contribution in [0, 0.1) is 5.92 Å². The molecule has 2 unspecified atom stereocenters. The normalized spacial score (nSPS) is 29.7. The quantitative estimate of drug-likeness (QED) is 0.149. The maximum absolute atomic E-state index is 14.5. The number of para-hydroxylation sites is 1. The maximum atomic E-state index is 14.5. The van der Waals surface area contributed by atoms with E-state index in [-0.39, 0.29) is 37.2 Å². The number of fused-ring (bicyclic) bond motifs is 5. The standard InChI is InChI=1S/C45H60IN6O11S/c1-7-35-45(46-35,40(55)50-64(58,59)44(6)19-20-44)49-37(53)33-24-29-25-52(33)39(54)26(2)47-41(56)62-34-23-27(34)13-9-8-10-15-31-36(30-14-11-12-16-32(30)48-38(31)61-29)60-28-17-21-51(22-18-28)42(57)63-43(3,4)5/h7,11-12,14,16,26-29,33-35H,1,8-10,13,15,17-25H2,2-6H3,(H,47,56)(H,49,53)(H,50,55)/q-1/t26-,27+,29+,33-,34+,35?,45?/m0/s1. The molecular weight excluding hydrogens is 959 g/mol. The van der Waals surface area contributed by atoms with Gasteiger partial charge in [0.15, 0.2) is 0 Å². The summed E-state index contributed by atoms with van der Waals surface area (Å²) in [7, 11) is -4.00. The molecule has 0 radical (unpaired) electrons. The van der Waals surface area contributed by atoms with Crippen molar-refractivity contribution in [3.05, 3.63) is 42.5 Å². The van der Waals surface area contributed by atoms with Crippen LogP contribution in [-0.2, 0) is 40.3 Å². The van der Waals surface area contributed by atoms with Crippen LogP contribution in [0.2, 0.25) is 0 Å². The Morgan fingerprint density at radius 1 is 1.05 bits per heavy atom. The number of sulfonamides is 1. The number of amides is 5. The van der Waals surface area contributed by atoms with Gasteiger partial charge in [-0.15, -0.1) is 0 Å². The minimum atomic E-state index is -4.00. The van der Waals surface area contributed by atoms with Crippen LogP contribution < -0.4 is 46.0 Å². The number of benzene rings is 1. The predicted octanol–water partition coefficient (Wildman–Crippen LogP) is 1.45. The number of alkyl halides is 2. The molecule has 8 rings (SSSR count). The van der Waals surface area contributed by atoms with Gasteiger partial charge in [-0.25, -0.2) is 4.79 Å². The van der Waals surface area contributed by atoms with Gasteiger partial charge in [-0.1, -0.05) is 12.5 Å². The van der Waals surface area contributed by atoms with Crippen LogP contribution in [0.4, 0.5) is 9.59 Å². The van der Waals surface area contributed by atoms with Gasteiger partial charge in [-0.3, -0.25) is 0 Å². The van der Waals surface area contributed by atoms with Gasteiger partial charge in [0.25, 0.3) is 0 Å². The third-order valence-electron chi connectivity index (χ3n) is 13.0. The third-order valence-corrected chi connectivity index (χ3v) is 19.0. The Hall–Kier alpha value is -4.40. The molecule has 1 aromatic heterocycles. The van der Waals surface area contributed by atoms with Gasteiger partial charge in [0.2, 0.25) is 0 Å². The Morgan fingerprint density at radius 3 is 2.47 bits per heavy atom. The summed E-state index contributed by atoms with van der Waals surface area (Å²) in [6, 6.07) is 5.43. The van der Waals surface area contributed by atoms with E-state index in [2.05, 4.69) is 21.9 Å². The molecule has 64 heavy (non-hydrogen) atoms. The average Bonchev–Trinajstić information content (AvgIpc) is 4.20. The van der Waals surface area contributed by atoms with Crippen LogP contribution in [0.3, 0.4) is 0 Å². The van der Waals surface area contributed by atoms with E-state index in [0.29, 0.717) is 62.3 Å². The van der Waals surface area contributed by atoms with Crippen molar-refractivity contribution in [2.24, 2.45) is 5.92 Å². The number of ether oxygens (including phenoxy) is 4. The summed E-state index contributed by atoms with van der Waals surface area (Å²) in [4.78, 5) is 76.5. The molecule has 6 aliphatic rings. The van der Waals surface area contributed by atoms with Crippen LogP contribution in [0.25, 0.3) is 10.9 Å². The summed E-state index contributed by atoms with van der Waals surface area (Å²) in [5, 5.41) is 6.34. The summed E-state index contributed by atoms with van der Waals surface area (Å²) < 4.78 is 50.6. The summed E-state index contributed by atoms with van der Waals surface area (Å²) >= 11 is -1.08. The number of likely N-dealkylation sites (tertiary alicyclic amines) is 1. The fraction of sp³-hybridized carbons (Fsp3) is 0.644. The Morgan fingerprint density at radius 2 is 1.78 bits per heavy atom. The molecule has 2 aliphatic carbocycles. The van der Waals surface area contributed by atoms with Crippen molar-refractivity contribution in [1.82, 2.24) is 30.1 Å². The van der Waals surface area contributed by atoms with Crippen molar-refractivity contribution in [2.75, 3.05) is 19.6 Å². The van der Waals surface area contributed by atoms with Gasteiger partial charge < -0.3 is 9.64 Å². The van der Waals surface area contributed by atoms with E-state index in [4.69, 9.17) is 23.9 Å². The average molecular weight is 1020 g/mol. The zero-order valence-electron chi connectivity index (χ0n) is 37.2. The van der Waals surface area contributed by atoms with Gasteiger partial charge in [0.05, 0.1) is 0 Å². The Bertz CT molecular complexity index is 2310.